The topological polar surface area (TPSA) is 83.3 Å². The molecule has 1 amide bonds. The summed E-state index contributed by atoms with van der Waals surface area (Å²) in [5.41, 5.74) is 6.23. The predicted molar refractivity (Wildman–Crippen MR) is 123 cm³/mol. The average Bonchev–Trinajstić information content (AvgIpc) is 3.13. The molecule has 1 unspecified atom stereocenters. The van der Waals surface area contributed by atoms with E-state index < -0.39 is 5.50 Å². The molecule has 0 aliphatic carbocycles. The van der Waals surface area contributed by atoms with E-state index in [4.69, 9.17) is 24.7 Å². The van der Waals surface area contributed by atoms with E-state index in [0.717, 1.165) is 26.5 Å². The number of hydrogen-bond donors (Lipinski definition) is 1. The average molecular weight is 441 g/mol. The second-order valence-electron chi connectivity index (χ2n) is 7.07. The number of benzene rings is 3. The number of ether oxygens (including phenoxy) is 4. The highest BCUT2D eigenvalue weighted by molar-refractivity contribution is 8.03. The lowest BCUT2D eigenvalue weighted by Gasteiger charge is -2.21. The standard InChI is InChI=1S/C23H24N2O5S/c1-12-11-25(23(24)31-12)22(26)17-6-13-7-18(27-2)19(28-3)8-14(13)15-9-20(29-4)21(30-5)10-16(15)17/h6-11,23H,24H2,1-5H3. The fourth-order valence-corrected chi connectivity index (χ4v) is 4.67. The first kappa shape index (κ1) is 21.1. The van der Waals surface area contributed by atoms with Crippen LogP contribution in [-0.4, -0.2) is 44.7 Å². The van der Waals surface area contributed by atoms with Gasteiger partial charge in [-0.2, -0.15) is 0 Å². The first-order valence-corrected chi connectivity index (χ1v) is 10.5. The summed E-state index contributed by atoms with van der Waals surface area (Å²) in [5, 5.41) is 3.30. The van der Waals surface area contributed by atoms with Crippen LogP contribution in [0, 0.1) is 0 Å². The van der Waals surface area contributed by atoms with Crippen molar-refractivity contribution in [2.24, 2.45) is 5.73 Å². The molecule has 1 atom stereocenters. The molecule has 0 radical (unpaired) electrons. The lowest BCUT2D eigenvalue weighted by atomic mass is 9.95. The first-order valence-electron chi connectivity index (χ1n) is 9.59. The molecule has 0 aromatic heterocycles. The molecule has 31 heavy (non-hydrogen) atoms. The SMILES string of the molecule is COc1cc2cc(C(=O)N3C=C(C)SC3N)c3cc(OC)c(OC)cc3c2cc1OC. The Balaban J connectivity index is 2.07. The molecular weight excluding hydrogens is 416 g/mol. The Hall–Kier alpha value is -3.10. The van der Waals surface area contributed by atoms with Gasteiger partial charge in [0.05, 0.1) is 28.4 Å². The summed E-state index contributed by atoms with van der Waals surface area (Å²) < 4.78 is 22.0. The Morgan fingerprint density at radius 1 is 0.839 bits per heavy atom. The molecule has 0 spiro atoms. The number of carbonyl (C=O) groups is 1. The Kier molecular flexibility index (Phi) is 5.60. The molecule has 7 nitrogen and oxygen atoms in total. The maximum atomic E-state index is 13.6. The Morgan fingerprint density at radius 3 is 1.87 bits per heavy atom. The predicted octanol–water partition coefficient (Wildman–Crippen LogP) is 4.32. The number of rotatable bonds is 5. The summed E-state index contributed by atoms with van der Waals surface area (Å²) in [6.07, 6.45) is 1.78. The van der Waals surface area contributed by atoms with Gasteiger partial charge in [-0.3, -0.25) is 9.69 Å². The Labute approximate surface area is 184 Å². The summed E-state index contributed by atoms with van der Waals surface area (Å²) in [5.74, 6) is 2.10. The maximum Gasteiger partial charge on any atom is 0.260 e. The molecule has 162 valence electrons. The minimum Gasteiger partial charge on any atom is -0.493 e. The number of thioether (sulfide) groups is 1. The third-order valence-electron chi connectivity index (χ3n) is 5.33. The molecule has 1 heterocycles. The molecule has 0 bridgehead atoms. The van der Waals surface area contributed by atoms with E-state index in [1.165, 1.54) is 11.8 Å². The molecular formula is C23H24N2O5S. The zero-order valence-corrected chi connectivity index (χ0v) is 18.8. The van der Waals surface area contributed by atoms with Gasteiger partial charge < -0.3 is 24.7 Å². The van der Waals surface area contributed by atoms with Gasteiger partial charge in [-0.25, -0.2) is 0 Å². The van der Waals surface area contributed by atoms with E-state index in [9.17, 15) is 4.79 Å². The van der Waals surface area contributed by atoms with E-state index in [2.05, 4.69) is 0 Å². The zero-order valence-electron chi connectivity index (χ0n) is 18.0. The Bertz CT molecular complexity index is 1220. The van der Waals surface area contributed by atoms with Crippen LogP contribution in [0.3, 0.4) is 0 Å². The molecule has 0 saturated heterocycles. The van der Waals surface area contributed by atoms with Crippen LogP contribution in [0.1, 0.15) is 17.3 Å². The lowest BCUT2D eigenvalue weighted by Crippen LogP contribution is -2.37. The number of amides is 1. The second-order valence-corrected chi connectivity index (χ2v) is 8.43. The number of allylic oxidation sites excluding steroid dienone is 1. The molecule has 1 aliphatic rings. The van der Waals surface area contributed by atoms with Crippen molar-refractivity contribution in [2.45, 2.75) is 12.4 Å². The highest BCUT2D eigenvalue weighted by atomic mass is 32.2. The molecule has 8 heteroatoms. The first-order chi connectivity index (χ1) is 14.9. The monoisotopic (exact) mass is 440 g/mol. The van der Waals surface area contributed by atoms with E-state index in [0.29, 0.717) is 28.6 Å². The van der Waals surface area contributed by atoms with E-state index in [-0.39, 0.29) is 5.91 Å². The fraction of sp³-hybridized carbons (Fsp3) is 0.261. The van der Waals surface area contributed by atoms with Gasteiger partial charge in [-0.15, -0.1) is 0 Å². The molecule has 3 aromatic carbocycles. The molecule has 0 saturated carbocycles. The van der Waals surface area contributed by atoms with Crippen LogP contribution >= 0.6 is 11.8 Å². The lowest BCUT2D eigenvalue weighted by molar-refractivity contribution is 0.0817. The van der Waals surface area contributed by atoms with Crippen molar-refractivity contribution in [3.63, 3.8) is 0 Å². The van der Waals surface area contributed by atoms with Gasteiger partial charge in [0.15, 0.2) is 23.0 Å². The van der Waals surface area contributed by atoms with Crippen LogP contribution in [0.2, 0.25) is 0 Å². The van der Waals surface area contributed by atoms with Gasteiger partial charge in [0.2, 0.25) is 0 Å². The minimum absolute atomic E-state index is 0.189. The van der Waals surface area contributed by atoms with Crippen molar-refractivity contribution >= 4 is 39.2 Å². The van der Waals surface area contributed by atoms with Crippen LogP contribution in [0.15, 0.2) is 41.4 Å². The highest BCUT2D eigenvalue weighted by Crippen LogP contribution is 2.42. The molecule has 0 fully saturated rings. The summed E-state index contributed by atoms with van der Waals surface area (Å²) in [7, 11) is 6.32. The van der Waals surface area contributed by atoms with Crippen molar-refractivity contribution in [1.29, 1.82) is 0 Å². The third kappa shape index (κ3) is 3.51. The van der Waals surface area contributed by atoms with Crippen LogP contribution < -0.4 is 24.7 Å². The van der Waals surface area contributed by atoms with E-state index >= 15 is 0 Å². The quantitative estimate of drug-likeness (QED) is 0.592. The van der Waals surface area contributed by atoms with Crippen LogP contribution in [0.4, 0.5) is 0 Å². The fourth-order valence-electron chi connectivity index (χ4n) is 3.84. The van der Waals surface area contributed by atoms with Crippen molar-refractivity contribution in [3.8, 4) is 23.0 Å². The highest BCUT2D eigenvalue weighted by Gasteiger charge is 2.28. The van der Waals surface area contributed by atoms with E-state index in [1.807, 2.05) is 37.3 Å². The molecule has 3 aromatic rings. The zero-order chi connectivity index (χ0) is 22.3. The third-order valence-corrected chi connectivity index (χ3v) is 6.27. The van der Waals surface area contributed by atoms with Crippen molar-refractivity contribution in [3.05, 3.63) is 47.0 Å². The Morgan fingerprint density at radius 2 is 1.35 bits per heavy atom. The minimum atomic E-state index is -0.469. The van der Waals surface area contributed by atoms with Gasteiger partial charge in [-0.05, 0) is 58.8 Å². The van der Waals surface area contributed by atoms with Crippen LogP contribution in [-0.2, 0) is 0 Å². The molecule has 1 aliphatic heterocycles. The van der Waals surface area contributed by atoms with Crippen LogP contribution in [0.5, 0.6) is 23.0 Å². The van der Waals surface area contributed by atoms with E-state index in [1.54, 1.807) is 39.5 Å². The largest absolute Gasteiger partial charge is 0.493 e. The number of nitrogens with two attached hydrogens (primary N) is 1. The molecule has 4 rings (SSSR count). The molecule has 2 N–H and O–H groups in total. The number of fused-ring (bicyclic) bond motifs is 3. The maximum absolute atomic E-state index is 13.6. The summed E-state index contributed by atoms with van der Waals surface area (Å²) in [6.45, 7) is 1.93. The van der Waals surface area contributed by atoms with Crippen molar-refractivity contribution < 1.29 is 23.7 Å². The summed E-state index contributed by atoms with van der Waals surface area (Å²) >= 11 is 1.45. The van der Waals surface area contributed by atoms with Crippen LogP contribution in [0.25, 0.3) is 21.5 Å². The number of methoxy groups -OCH3 is 4. The van der Waals surface area contributed by atoms with Gasteiger partial charge in [0.1, 0.15) is 5.50 Å². The summed E-state index contributed by atoms with van der Waals surface area (Å²) in [6, 6.07) is 9.31. The second kappa shape index (κ2) is 8.20. The van der Waals surface area contributed by atoms with Crippen molar-refractivity contribution in [1.82, 2.24) is 4.90 Å². The number of hydrogen-bond acceptors (Lipinski definition) is 7. The smallest absolute Gasteiger partial charge is 0.260 e. The van der Waals surface area contributed by atoms with Gasteiger partial charge in [0, 0.05) is 16.7 Å². The van der Waals surface area contributed by atoms with Gasteiger partial charge in [-0.1, -0.05) is 11.8 Å². The van der Waals surface area contributed by atoms with Crippen molar-refractivity contribution in [2.75, 3.05) is 28.4 Å². The van der Waals surface area contributed by atoms with Gasteiger partial charge in [0.25, 0.3) is 5.91 Å². The summed E-state index contributed by atoms with van der Waals surface area (Å²) in [4.78, 5) is 16.1. The number of nitrogens with zero attached hydrogens (tertiary/aromatic N) is 1. The van der Waals surface area contributed by atoms with Gasteiger partial charge >= 0.3 is 0 Å². The normalized spacial score (nSPS) is 15.9. The number of carbonyl (C=O) groups excluding carboxylic acids is 1.